The Morgan fingerprint density at radius 3 is 0.573 bits per heavy atom. The lowest BCUT2D eigenvalue weighted by molar-refractivity contribution is -0.161. The molecule has 0 spiro atoms. The second kappa shape index (κ2) is 78.2. The fraction of sp³-hybridized carbons (Fsp3) is 0.952. The van der Waals surface area contributed by atoms with Gasteiger partial charge in [0.1, 0.15) is 19.3 Å². The molecule has 0 aliphatic carbocycles. The van der Waals surface area contributed by atoms with Crippen molar-refractivity contribution in [3.63, 3.8) is 0 Å². The summed E-state index contributed by atoms with van der Waals surface area (Å²) in [5.41, 5.74) is 0. The van der Waals surface area contributed by atoms with Crippen LogP contribution in [-0.4, -0.2) is 96.7 Å². The van der Waals surface area contributed by atoms with Crippen molar-refractivity contribution in [2.75, 3.05) is 39.6 Å². The van der Waals surface area contributed by atoms with Crippen molar-refractivity contribution < 1.29 is 80.2 Å². The number of carbonyl (C=O) groups is 4. The minimum absolute atomic E-state index is 0.109. The molecule has 0 fully saturated rings. The number of aliphatic hydroxyl groups excluding tert-OH is 1. The zero-order valence-electron chi connectivity index (χ0n) is 67.3. The smallest absolute Gasteiger partial charge is 0.462 e. The number of unbranched alkanes of at least 4 members (excludes halogenated alkanes) is 59. The lowest BCUT2D eigenvalue weighted by Crippen LogP contribution is -2.30. The van der Waals surface area contributed by atoms with Gasteiger partial charge in [0.25, 0.3) is 0 Å². The molecule has 0 amide bonds. The molecular weight excluding hydrogens is 1340 g/mol. The molecule has 612 valence electrons. The number of hydrogen-bond donors (Lipinski definition) is 3. The van der Waals surface area contributed by atoms with Gasteiger partial charge in [0, 0.05) is 25.7 Å². The molecule has 3 N–H and O–H groups in total. The Labute approximate surface area is 632 Å². The van der Waals surface area contributed by atoms with Crippen LogP contribution in [0.3, 0.4) is 0 Å². The maximum atomic E-state index is 13.1. The van der Waals surface area contributed by atoms with Crippen LogP contribution in [0.1, 0.15) is 458 Å². The lowest BCUT2D eigenvalue weighted by atomic mass is 10.0. The van der Waals surface area contributed by atoms with E-state index in [4.69, 9.17) is 37.0 Å². The lowest BCUT2D eigenvalue weighted by Gasteiger charge is -2.21. The van der Waals surface area contributed by atoms with Gasteiger partial charge in [-0.15, -0.1) is 0 Å². The summed E-state index contributed by atoms with van der Waals surface area (Å²) in [6.45, 7) is 5.05. The van der Waals surface area contributed by atoms with Crippen LogP contribution >= 0.6 is 15.6 Å². The minimum atomic E-state index is -4.96. The largest absolute Gasteiger partial charge is 0.472 e. The van der Waals surface area contributed by atoms with E-state index < -0.39 is 97.5 Å². The van der Waals surface area contributed by atoms with Crippen molar-refractivity contribution in [1.29, 1.82) is 0 Å². The highest BCUT2D eigenvalue weighted by molar-refractivity contribution is 7.47. The Morgan fingerprint density at radius 2 is 0.388 bits per heavy atom. The van der Waals surface area contributed by atoms with E-state index in [-0.39, 0.29) is 25.7 Å². The molecule has 0 aliphatic rings. The predicted octanol–water partition coefficient (Wildman–Crippen LogP) is 25.7. The molecule has 0 radical (unpaired) electrons. The number of ether oxygens (including phenoxy) is 4. The van der Waals surface area contributed by atoms with Gasteiger partial charge in [-0.3, -0.25) is 37.3 Å². The Kier molecular flexibility index (Phi) is 76.7. The molecule has 103 heavy (non-hydrogen) atoms. The van der Waals surface area contributed by atoms with E-state index in [1.54, 1.807) is 0 Å². The summed E-state index contributed by atoms with van der Waals surface area (Å²) in [5, 5.41) is 10.7. The van der Waals surface area contributed by atoms with Crippen molar-refractivity contribution in [2.24, 2.45) is 0 Å². The van der Waals surface area contributed by atoms with Crippen LogP contribution < -0.4 is 0 Å². The molecule has 0 aromatic carbocycles. The highest BCUT2D eigenvalue weighted by Gasteiger charge is 2.30. The maximum absolute atomic E-state index is 13.1. The van der Waals surface area contributed by atoms with E-state index in [0.29, 0.717) is 25.7 Å². The zero-order chi connectivity index (χ0) is 75.3. The molecule has 0 aromatic rings. The van der Waals surface area contributed by atoms with Gasteiger partial charge in [0.15, 0.2) is 12.2 Å². The summed E-state index contributed by atoms with van der Waals surface area (Å²) in [6.07, 6.45) is 72.1. The number of aliphatic hydroxyl groups is 1. The van der Waals surface area contributed by atoms with Crippen LogP contribution in [0.15, 0.2) is 0 Å². The number of carbonyl (C=O) groups excluding carboxylic acids is 4. The van der Waals surface area contributed by atoms with Gasteiger partial charge in [-0.25, -0.2) is 9.13 Å². The number of phosphoric acid groups is 2. The average Bonchev–Trinajstić information content (AvgIpc) is 0.911. The third-order valence-corrected chi connectivity index (χ3v) is 21.8. The molecule has 0 heterocycles. The number of esters is 4. The fourth-order valence-corrected chi connectivity index (χ4v) is 14.7. The predicted molar refractivity (Wildman–Crippen MR) is 423 cm³/mol. The topological polar surface area (TPSA) is 237 Å². The van der Waals surface area contributed by atoms with Crippen LogP contribution in [0.2, 0.25) is 0 Å². The standard InChI is InChI=1S/C84H164O17P2/c1-5-9-13-17-21-25-29-33-36-38-39-40-42-44-47-51-55-59-63-67-71-84(89)101-80(75-95-82(87)69-65-61-57-53-49-46-43-41-37-34-30-26-22-18-14-10-6-2)77-99-103(92,93)97-73-78(85)72-96-102(90,91)98-76-79(74-94-81(86)68-64-60-56-52-48-32-28-24-20-16-12-8-4)100-83(88)70-66-62-58-54-50-45-35-31-27-23-19-15-11-7-3/h78-80,85H,5-77H2,1-4H3,(H,90,91)(H,92,93)/t78-,79+,80+/m0/s1. The first-order valence-electron chi connectivity index (χ1n) is 43.8. The second-order valence-electron chi connectivity index (χ2n) is 30.2. The van der Waals surface area contributed by atoms with E-state index in [9.17, 15) is 43.2 Å². The van der Waals surface area contributed by atoms with Gasteiger partial charge in [-0.05, 0) is 25.7 Å². The highest BCUT2D eigenvalue weighted by atomic mass is 31.2. The Morgan fingerprint density at radius 1 is 0.233 bits per heavy atom. The second-order valence-corrected chi connectivity index (χ2v) is 33.1. The average molecular weight is 1510 g/mol. The van der Waals surface area contributed by atoms with Gasteiger partial charge < -0.3 is 33.8 Å². The molecule has 0 aromatic heterocycles. The quantitative estimate of drug-likeness (QED) is 0.0222. The van der Waals surface area contributed by atoms with Crippen molar-refractivity contribution in [2.45, 2.75) is 476 Å². The summed E-state index contributed by atoms with van der Waals surface area (Å²) >= 11 is 0. The molecular formula is C84H164O17P2. The highest BCUT2D eigenvalue weighted by Crippen LogP contribution is 2.45. The first kappa shape index (κ1) is 101. The van der Waals surface area contributed by atoms with Crippen molar-refractivity contribution in [1.82, 2.24) is 0 Å². The first-order chi connectivity index (χ1) is 50.2. The minimum Gasteiger partial charge on any atom is -0.462 e. The monoisotopic (exact) mass is 1510 g/mol. The summed E-state index contributed by atoms with van der Waals surface area (Å²) in [7, 11) is -9.92. The van der Waals surface area contributed by atoms with Crippen molar-refractivity contribution >= 4 is 39.5 Å². The van der Waals surface area contributed by atoms with Crippen LogP contribution in [0.4, 0.5) is 0 Å². The summed E-state index contributed by atoms with van der Waals surface area (Å²) in [6, 6.07) is 0. The summed E-state index contributed by atoms with van der Waals surface area (Å²) in [5.74, 6) is -2.10. The SMILES string of the molecule is CCCCCCCCCCCCCCCCCCCCCCC(=O)O[C@H](COC(=O)CCCCCCCCCCCCCCCCCCC)COP(=O)(O)OC[C@@H](O)COP(=O)(O)OC[C@@H](COC(=O)CCCCCCCCCCCCCC)OC(=O)CCCCCCCCCCCCCCCC. The van der Waals surface area contributed by atoms with Gasteiger partial charge in [-0.2, -0.15) is 0 Å². The van der Waals surface area contributed by atoms with Crippen LogP contribution in [0.5, 0.6) is 0 Å². The van der Waals surface area contributed by atoms with E-state index >= 15 is 0 Å². The first-order valence-corrected chi connectivity index (χ1v) is 46.8. The molecule has 0 rings (SSSR count). The molecule has 2 unspecified atom stereocenters. The molecule has 5 atom stereocenters. The van der Waals surface area contributed by atoms with Crippen molar-refractivity contribution in [3.8, 4) is 0 Å². The zero-order valence-corrected chi connectivity index (χ0v) is 69.1. The van der Waals surface area contributed by atoms with Crippen LogP contribution in [0, 0.1) is 0 Å². The van der Waals surface area contributed by atoms with Crippen LogP contribution in [0.25, 0.3) is 0 Å². The third-order valence-electron chi connectivity index (χ3n) is 19.9. The normalized spacial score (nSPS) is 13.7. The number of rotatable bonds is 85. The van der Waals surface area contributed by atoms with Crippen LogP contribution in [-0.2, 0) is 65.4 Å². The molecule has 0 saturated heterocycles. The third kappa shape index (κ3) is 78.0. The van der Waals surface area contributed by atoms with E-state index in [2.05, 4.69) is 27.7 Å². The number of phosphoric ester groups is 2. The maximum Gasteiger partial charge on any atom is 0.472 e. The molecule has 19 heteroatoms. The molecule has 17 nitrogen and oxygen atoms in total. The van der Waals surface area contributed by atoms with Gasteiger partial charge in [0.2, 0.25) is 0 Å². The van der Waals surface area contributed by atoms with E-state index in [1.165, 1.54) is 289 Å². The van der Waals surface area contributed by atoms with E-state index in [1.807, 2.05) is 0 Å². The molecule has 0 saturated carbocycles. The fourth-order valence-electron chi connectivity index (χ4n) is 13.2. The summed E-state index contributed by atoms with van der Waals surface area (Å²) in [4.78, 5) is 73.2. The van der Waals surface area contributed by atoms with Gasteiger partial charge >= 0.3 is 39.5 Å². The van der Waals surface area contributed by atoms with Gasteiger partial charge in [0.05, 0.1) is 26.4 Å². The molecule has 0 bridgehead atoms. The summed E-state index contributed by atoms with van der Waals surface area (Å²) < 4.78 is 68.9. The van der Waals surface area contributed by atoms with Crippen molar-refractivity contribution in [3.05, 3.63) is 0 Å². The number of hydrogen-bond acceptors (Lipinski definition) is 15. The Hall–Kier alpha value is -1.94. The van der Waals surface area contributed by atoms with Gasteiger partial charge in [-0.1, -0.05) is 407 Å². The molecule has 0 aliphatic heterocycles. The van der Waals surface area contributed by atoms with E-state index in [0.717, 1.165) is 89.9 Å². The Balaban J connectivity index is 5.24. The Bertz CT molecular complexity index is 1950.